The summed E-state index contributed by atoms with van der Waals surface area (Å²) in [5.74, 6) is -1.81. The van der Waals surface area contributed by atoms with Crippen molar-refractivity contribution in [3.63, 3.8) is 0 Å². The standard InChI is InChI=1S/C23H18F2N4O2S2/c1-13-19(10-14-6-8-15(24)9-7-14)33-23(26-13)28-20(30)11-16-12-32-22(27-16)29-21(31)17-4-2-3-5-18(17)25/h2-9,12H,10-11H2,1H3,(H,26,28,30)(H,27,29,31). The number of amides is 2. The van der Waals surface area contributed by atoms with Crippen LogP contribution in [0.5, 0.6) is 0 Å². The first-order valence-electron chi connectivity index (χ1n) is 9.88. The average Bonchev–Trinajstić information content (AvgIpc) is 3.35. The van der Waals surface area contributed by atoms with Crippen molar-refractivity contribution in [3.05, 3.63) is 92.9 Å². The van der Waals surface area contributed by atoms with E-state index in [2.05, 4.69) is 20.6 Å². The molecule has 2 aromatic heterocycles. The largest absolute Gasteiger partial charge is 0.302 e. The highest BCUT2D eigenvalue weighted by atomic mass is 32.1. The Morgan fingerprint density at radius 1 is 0.970 bits per heavy atom. The Hall–Kier alpha value is -3.50. The van der Waals surface area contributed by atoms with Crippen LogP contribution in [-0.4, -0.2) is 21.8 Å². The molecule has 2 aromatic carbocycles. The van der Waals surface area contributed by atoms with Crippen LogP contribution >= 0.6 is 22.7 Å². The molecule has 4 aromatic rings. The first kappa shape index (κ1) is 22.7. The fourth-order valence-electron chi connectivity index (χ4n) is 3.02. The highest BCUT2D eigenvalue weighted by molar-refractivity contribution is 7.16. The average molecular weight is 485 g/mol. The number of aryl methyl sites for hydroxylation is 1. The lowest BCUT2D eigenvalue weighted by Gasteiger charge is -2.02. The second kappa shape index (κ2) is 9.97. The van der Waals surface area contributed by atoms with Crippen LogP contribution in [0.4, 0.5) is 19.0 Å². The van der Waals surface area contributed by atoms with E-state index in [9.17, 15) is 18.4 Å². The smallest absolute Gasteiger partial charge is 0.260 e. The summed E-state index contributed by atoms with van der Waals surface area (Å²) >= 11 is 2.51. The topological polar surface area (TPSA) is 84.0 Å². The number of halogens is 2. The summed E-state index contributed by atoms with van der Waals surface area (Å²) in [5.41, 5.74) is 2.14. The molecular formula is C23H18F2N4O2S2. The molecule has 0 aliphatic heterocycles. The van der Waals surface area contributed by atoms with E-state index < -0.39 is 11.7 Å². The molecule has 0 unspecified atom stereocenters. The first-order valence-corrected chi connectivity index (χ1v) is 11.6. The minimum Gasteiger partial charge on any atom is -0.302 e. The van der Waals surface area contributed by atoms with E-state index in [1.54, 1.807) is 23.6 Å². The van der Waals surface area contributed by atoms with Crippen LogP contribution < -0.4 is 10.6 Å². The van der Waals surface area contributed by atoms with Gasteiger partial charge in [-0.3, -0.25) is 14.9 Å². The number of nitrogens with one attached hydrogen (secondary N) is 2. The van der Waals surface area contributed by atoms with Crippen molar-refractivity contribution in [3.8, 4) is 0 Å². The lowest BCUT2D eigenvalue weighted by molar-refractivity contribution is -0.115. The summed E-state index contributed by atoms with van der Waals surface area (Å²) in [6, 6.07) is 11.9. The lowest BCUT2D eigenvalue weighted by Crippen LogP contribution is -2.15. The molecule has 2 amide bonds. The monoisotopic (exact) mass is 484 g/mol. The maximum atomic E-state index is 13.7. The van der Waals surface area contributed by atoms with Gasteiger partial charge in [-0.1, -0.05) is 24.3 Å². The molecule has 2 N–H and O–H groups in total. The van der Waals surface area contributed by atoms with Gasteiger partial charge in [-0.15, -0.1) is 22.7 Å². The van der Waals surface area contributed by atoms with Gasteiger partial charge in [0, 0.05) is 16.7 Å². The van der Waals surface area contributed by atoms with E-state index in [0.29, 0.717) is 17.2 Å². The van der Waals surface area contributed by atoms with Gasteiger partial charge in [-0.2, -0.15) is 0 Å². The zero-order valence-corrected chi connectivity index (χ0v) is 19.0. The Morgan fingerprint density at radius 3 is 2.48 bits per heavy atom. The quantitative estimate of drug-likeness (QED) is 0.377. The highest BCUT2D eigenvalue weighted by Gasteiger charge is 2.15. The maximum Gasteiger partial charge on any atom is 0.260 e. The Morgan fingerprint density at radius 2 is 1.73 bits per heavy atom. The molecule has 10 heteroatoms. The number of thiazole rings is 2. The van der Waals surface area contributed by atoms with E-state index in [4.69, 9.17) is 0 Å². The molecule has 4 rings (SSSR count). The summed E-state index contributed by atoms with van der Waals surface area (Å²) in [7, 11) is 0. The van der Waals surface area contributed by atoms with Gasteiger partial charge in [-0.05, 0) is 36.8 Å². The molecule has 6 nitrogen and oxygen atoms in total. The Balaban J connectivity index is 1.34. The molecule has 0 fully saturated rings. The molecular weight excluding hydrogens is 466 g/mol. The first-order chi connectivity index (χ1) is 15.9. The Labute approximate surface area is 196 Å². The van der Waals surface area contributed by atoms with Crippen molar-refractivity contribution >= 4 is 44.8 Å². The van der Waals surface area contributed by atoms with Crippen LogP contribution in [0.3, 0.4) is 0 Å². The molecule has 0 aliphatic rings. The van der Waals surface area contributed by atoms with Crippen LogP contribution in [0.25, 0.3) is 0 Å². The molecule has 168 valence electrons. The molecule has 0 radical (unpaired) electrons. The van der Waals surface area contributed by atoms with E-state index in [1.165, 1.54) is 41.7 Å². The maximum absolute atomic E-state index is 13.7. The molecule has 0 spiro atoms. The summed E-state index contributed by atoms with van der Waals surface area (Å²) in [5, 5.41) is 7.71. The van der Waals surface area contributed by atoms with Gasteiger partial charge < -0.3 is 5.32 Å². The minimum absolute atomic E-state index is 0.00199. The third-order valence-electron chi connectivity index (χ3n) is 4.65. The van der Waals surface area contributed by atoms with Crippen LogP contribution in [0.1, 0.15) is 32.2 Å². The number of rotatable bonds is 7. The number of anilines is 2. The summed E-state index contributed by atoms with van der Waals surface area (Å²) in [4.78, 5) is 34.2. The van der Waals surface area contributed by atoms with Crippen LogP contribution in [-0.2, 0) is 17.6 Å². The Kier molecular flexibility index (Phi) is 6.85. The summed E-state index contributed by atoms with van der Waals surface area (Å²) in [6.07, 6.45) is 0.592. The van der Waals surface area contributed by atoms with Crippen molar-refractivity contribution < 1.29 is 18.4 Å². The molecule has 0 atom stereocenters. The van der Waals surface area contributed by atoms with Gasteiger partial charge in [0.2, 0.25) is 5.91 Å². The number of hydrogen-bond donors (Lipinski definition) is 2. The van der Waals surface area contributed by atoms with Gasteiger partial charge in [-0.25, -0.2) is 18.7 Å². The van der Waals surface area contributed by atoms with Crippen molar-refractivity contribution in [2.75, 3.05) is 10.6 Å². The lowest BCUT2D eigenvalue weighted by atomic mass is 10.1. The van der Waals surface area contributed by atoms with Gasteiger partial charge >= 0.3 is 0 Å². The second-order valence-electron chi connectivity index (χ2n) is 7.13. The SMILES string of the molecule is Cc1nc(NC(=O)Cc2csc(NC(=O)c3ccccc3F)n2)sc1Cc1ccc(F)cc1. The van der Waals surface area contributed by atoms with Crippen molar-refractivity contribution in [1.82, 2.24) is 9.97 Å². The number of aromatic nitrogens is 2. The number of carbonyl (C=O) groups is 2. The van der Waals surface area contributed by atoms with Gasteiger partial charge in [0.15, 0.2) is 10.3 Å². The fourth-order valence-corrected chi connectivity index (χ4v) is 4.73. The third-order valence-corrected chi connectivity index (χ3v) is 6.53. The minimum atomic E-state index is -0.622. The molecule has 0 bridgehead atoms. The zero-order chi connectivity index (χ0) is 23.4. The second-order valence-corrected chi connectivity index (χ2v) is 9.08. The van der Waals surface area contributed by atoms with Crippen molar-refractivity contribution in [2.24, 2.45) is 0 Å². The zero-order valence-electron chi connectivity index (χ0n) is 17.4. The fraction of sp³-hybridized carbons (Fsp3) is 0.130. The van der Waals surface area contributed by atoms with Gasteiger partial charge in [0.05, 0.1) is 23.4 Å². The molecule has 2 heterocycles. The van der Waals surface area contributed by atoms with E-state index >= 15 is 0 Å². The van der Waals surface area contributed by atoms with Crippen molar-refractivity contribution in [2.45, 2.75) is 19.8 Å². The van der Waals surface area contributed by atoms with Crippen LogP contribution in [0, 0.1) is 18.6 Å². The summed E-state index contributed by atoms with van der Waals surface area (Å²) in [6.45, 7) is 1.86. The van der Waals surface area contributed by atoms with Crippen molar-refractivity contribution in [1.29, 1.82) is 0 Å². The predicted molar refractivity (Wildman–Crippen MR) is 125 cm³/mol. The summed E-state index contributed by atoms with van der Waals surface area (Å²) < 4.78 is 26.8. The molecule has 0 aliphatic carbocycles. The van der Waals surface area contributed by atoms with E-state index in [1.807, 2.05) is 6.92 Å². The number of hydrogen-bond acceptors (Lipinski definition) is 6. The highest BCUT2D eigenvalue weighted by Crippen LogP contribution is 2.26. The van der Waals surface area contributed by atoms with Crippen LogP contribution in [0.2, 0.25) is 0 Å². The number of benzene rings is 2. The molecule has 0 saturated carbocycles. The Bertz CT molecular complexity index is 1300. The number of nitrogens with zero attached hydrogens (tertiary/aromatic N) is 2. The molecule has 0 saturated heterocycles. The normalized spacial score (nSPS) is 10.8. The van der Waals surface area contributed by atoms with Gasteiger partial charge in [0.25, 0.3) is 5.91 Å². The number of carbonyl (C=O) groups excluding carboxylic acids is 2. The molecule has 33 heavy (non-hydrogen) atoms. The van der Waals surface area contributed by atoms with E-state index in [-0.39, 0.29) is 28.8 Å². The third kappa shape index (κ3) is 5.85. The van der Waals surface area contributed by atoms with Crippen LogP contribution in [0.15, 0.2) is 53.9 Å². The predicted octanol–water partition coefficient (Wildman–Crippen LogP) is 5.21. The van der Waals surface area contributed by atoms with Gasteiger partial charge in [0.1, 0.15) is 11.6 Å². The van der Waals surface area contributed by atoms with E-state index in [0.717, 1.165) is 27.5 Å².